The molecule has 0 radical (unpaired) electrons. The molecule has 0 unspecified atom stereocenters. The number of nitrogens with zero attached hydrogens (tertiary/aromatic N) is 4. The van der Waals surface area contributed by atoms with E-state index in [4.69, 9.17) is 0 Å². The van der Waals surface area contributed by atoms with Crippen molar-refractivity contribution in [3.63, 3.8) is 0 Å². The molecule has 1 aromatic rings. The van der Waals surface area contributed by atoms with Crippen molar-refractivity contribution in [2.24, 2.45) is 5.41 Å². The van der Waals surface area contributed by atoms with E-state index in [1.807, 2.05) is 17.0 Å². The predicted molar refractivity (Wildman–Crippen MR) is 116 cm³/mol. The summed E-state index contributed by atoms with van der Waals surface area (Å²) in [6.07, 6.45) is 16.6. The van der Waals surface area contributed by atoms with Crippen molar-refractivity contribution in [1.29, 1.82) is 0 Å². The Balaban J connectivity index is 1.15. The lowest BCUT2D eigenvalue weighted by Gasteiger charge is -2.50. The minimum absolute atomic E-state index is 0.101. The Bertz CT molecular complexity index is 737. The van der Waals surface area contributed by atoms with Crippen LogP contribution in [0.5, 0.6) is 0 Å². The van der Waals surface area contributed by atoms with E-state index >= 15 is 0 Å². The summed E-state index contributed by atoms with van der Waals surface area (Å²) >= 11 is 0. The normalized spacial score (nSPS) is 25.2. The fraction of sp³-hybridized carbons (Fsp3) is 0.667. The molecular formula is C24H34N4O. The quantitative estimate of drug-likeness (QED) is 0.733. The van der Waals surface area contributed by atoms with E-state index in [-0.39, 0.29) is 5.91 Å². The third-order valence-corrected chi connectivity index (χ3v) is 7.94. The number of hydrogen-bond acceptors (Lipinski definition) is 4. The monoisotopic (exact) mass is 394 g/mol. The van der Waals surface area contributed by atoms with Crippen molar-refractivity contribution in [3.05, 3.63) is 36.0 Å². The summed E-state index contributed by atoms with van der Waals surface area (Å²) < 4.78 is 0. The fourth-order valence-electron chi connectivity index (χ4n) is 5.53. The number of hydrogen-bond donors (Lipinski definition) is 0. The molecule has 3 aliphatic heterocycles. The molecule has 29 heavy (non-hydrogen) atoms. The lowest BCUT2D eigenvalue weighted by molar-refractivity contribution is 0.0305. The van der Waals surface area contributed by atoms with Crippen molar-refractivity contribution in [3.8, 4) is 0 Å². The van der Waals surface area contributed by atoms with Crippen LogP contribution in [0.4, 0.5) is 5.82 Å². The van der Waals surface area contributed by atoms with Crippen LogP contribution in [-0.4, -0.2) is 66.0 Å². The van der Waals surface area contributed by atoms with Crippen LogP contribution in [0, 0.1) is 5.41 Å². The number of pyridine rings is 1. The van der Waals surface area contributed by atoms with E-state index in [2.05, 4.69) is 26.9 Å². The topological polar surface area (TPSA) is 39.7 Å². The second-order valence-corrected chi connectivity index (χ2v) is 9.52. The largest absolute Gasteiger partial charge is 0.357 e. The van der Waals surface area contributed by atoms with Crippen LogP contribution in [0.3, 0.4) is 0 Å². The zero-order valence-corrected chi connectivity index (χ0v) is 17.6. The molecule has 3 fully saturated rings. The molecule has 5 rings (SSSR count). The molecule has 0 atom stereocenters. The van der Waals surface area contributed by atoms with E-state index in [0.717, 1.165) is 37.9 Å². The van der Waals surface area contributed by atoms with Gasteiger partial charge in [-0.05, 0) is 75.6 Å². The van der Waals surface area contributed by atoms with Gasteiger partial charge in [0.15, 0.2) is 0 Å². The van der Waals surface area contributed by atoms with Gasteiger partial charge in [-0.25, -0.2) is 4.98 Å². The molecule has 1 aliphatic carbocycles. The molecular weight excluding hydrogens is 360 g/mol. The van der Waals surface area contributed by atoms with E-state index < -0.39 is 0 Å². The highest BCUT2D eigenvalue weighted by Gasteiger charge is 2.39. The van der Waals surface area contributed by atoms with E-state index in [0.29, 0.717) is 17.5 Å². The second kappa shape index (κ2) is 8.10. The maximum Gasteiger partial charge on any atom is 0.255 e. The van der Waals surface area contributed by atoms with Gasteiger partial charge in [0.1, 0.15) is 5.82 Å². The highest BCUT2D eigenvalue weighted by atomic mass is 16.2. The molecule has 1 amide bonds. The van der Waals surface area contributed by atoms with Gasteiger partial charge < -0.3 is 14.7 Å². The minimum atomic E-state index is 0.101. The second-order valence-electron chi connectivity index (χ2n) is 9.52. The number of carbonyl (C=O) groups excluding carboxylic acids is 1. The molecule has 0 N–H and O–H groups in total. The van der Waals surface area contributed by atoms with Crippen LogP contribution in [0.15, 0.2) is 30.5 Å². The minimum Gasteiger partial charge on any atom is -0.357 e. The van der Waals surface area contributed by atoms with Gasteiger partial charge in [-0.3, -0.25) is 4.79 Å². The Morgan fingerprint density at radius 2 is 1.72 bits per heavy atom. The van der Waals surface area contributed by atoms with Gasteiger partial charge in [0.25, 0.3) is 5.91 Å². The lowest BCUT2D eigenvalue weighted by atomic mass is 9.70. The summed E-state index contributed by atoms with van der Waals surface area (Å²) in [5, 5.41) is 0. The standard InChI is InChI=1S/C24H34N4O/c29-23(28-13-2-1-3-14-28)20-7-8-22(25-19-20)27-17-11-24(12-18-27)9-15-26(16-10-24)21-5-4-6-21/h1-2,7-8,19,21H,3-6,9-18H2. The third-order valence-electron chi connectivity index (χ3n) is 7.94. The molecule has 1 aromatic heterocycles. The highest BCUT2D eigenvalue weighted by Crippen LogP contribution is 2.43. The number of aromatic nitrogens is 1. The maximum atomic E-state index is 12.6. The van der Waals surface area contributed by atoms with Gasteiger partial charge in [-0.15, -0.1) is 0 Å². The zero-order valence-electron chi connectivity index (χ0n) is 17.6. The Labute approximate surface area is 174 Å². The average Bonchev–Trinajstić information content (AvgIpc) is 2.75. The van der Waals surface area contributed by atoms with Crippen LogP contribution in [0.25, 0.3) is 0 Å². The van der Waals surface area contributed by atoms with Crippen molar-refractivity contribution in [1.82, 2.24) is 14.8 Å². The van der Waals surface area contributed by atoms with Crippen molar-refractivity contribution >= 4 is 11.7 Å². The van der Waals surface area contributed by atoms with Crippen molar-refractivity contribution in [2.75, 3.05) is 44.2 Å². The first-order valence-electron chi connectivity index (χ1n) is 11.6. The highest BCUT2D eigenvalue weighted by molar-refractivity contribution is 5.94. The Kier molecular flexibility index (Phi) is 5.33. The average molecular weight is 395 g/mol. The van der Waals surface area contributed by atoms with Gasteiger partial charge in [0, 0.05) is 38.4 Å². The zero-order chi connectivity index (χ0) is 19.7. The number of carbonyl (C=O) groups is 1. The van der Waals surface area contributed by atoms with E-state index in [1.54, 1.807) is 6.20 Å². The van der Waals surface area contributed by atoms with Crippen LogP contribution in [0.2, 0.25) is 0 Å². The van der Waals surface area contributed by atoms with Crippen molar-refractivity contribution in [2.45, 2.75) is 57.4 Å². The van der Waals surface area contributed by atoms with Gasteiger partial charge in [0.2, 0.25) is 0 Å². The van der Waals surface area contributed by atoms with Crippen LogP contribution >= 0.6 is 0 Å². The van der Waals surface area contributed by atoms with Gasteiger partial charge in [-0.1, -0.05) is 18.6 Å². The molecule has 156 valence electrons. The van der Waals surface area contributed by atoms with E-state index in [1.165, 1.54) is 58.0 Å². The Morgan fingerprint density at radius 3 is 2.31 bits per heavy atom. The number of rotatable bonds is 3. The maximum absolute atomic E-state index is 12.6. The molecule has 4 aliphatic rings. The summed E-state index contributed by atoms with van der Waals surface area (Å²) in [6.45, 7) is 6.34. The summed E-state index contributed by atoms with van der Waals surface area (Å²) in [7, 11) is 0. The number of amides is 1. The number of likely N-dealkylation sites (tertiary alicyclic amines) is 1. The molecule has 5 heteroatoms. The van der Waals surface area contributed by atoms with Crippen LogP contribution in [-0.2, 0) is 0 Å². The smallest absolute Gasteiger partial charge is 0.255 e. The Hall–Kier alpha value is -1.88. The number of anilines is 1. The molecule has 0 bridgehead atoms. The van der Waals surface area contributed by atoms with Crippen molar-refractivity contribution < 1.29 is 4.79 Å². The molecule has 2 saturated heterocycles. The van der Waals surface area contributed by atoms with Crippen LogP contribution in [0.1, 0.15) is 61.7 Å². The molecule has 1 saturated carbocycles. The Morgan fingerprint density at radius 1 is 0.966 bits per heavy atom. The van der Waals surface area contributed by atoms with Gasteiger partial charge in [0.05, 0.1) is 5.56 Å². The molecule has 5 nitrogen and oxygen atoms in total. The van der Waals surface area contributed by atoms with Crippen LogP contribution < -0.4 is 4.90 Å². The first-order valence-corrected chi connectivity index (χ1v) is 11.6. The summed E-state index contributed by atoms with van der Waals surface area (Å²) in [5.74, 6) is 1.13. The van der Waals surface area contributed by atoms with Gasteiger partial charge in [-0.2, -0.15) is 0 Å². The van der Waals surface area contributed by atoms with Gasteiger partial charge >= 0.3 is 0 Å². The summed E-state index contributed by atoms with van der Waals surface area (Å²) in [5.41, 5.74) is 1.27. The third kappa shape index (κ3) is 3.94. The first kappa shape index (κ1) is 19.1. The number of piperidine rings is 2. The molecule has 1 spiro atoms. The predicted octanol–water partition coefficient (Wildman–Crippen LogP) is 3.72. The molecule has 0 aromatic carbocycles. The lowest BCUT2D eigenvalue weighted by Crippen LogP contribution is -2.51. The molecule has 4 heterocycles. The fourth-order valence-corrected chi connectivity index (χ4v) is 5.53. The van der Waals surface area contributed by atoms with E-state index in [9.17, 15) is 4.79 Å². The summed E-state index contributed by atoms with van der Waals surface area (Å²) in [4.78, 5) is 24.4. The SMILES string of the molecule is O=C(c1ccc(N2CCC3(CC2)CCN(C2CCC2)CC3)nc1)N1CC=CCC1. The first-order chi connectivity index (χ1) is 14.2. The summed E-state index contributed by atoms with van der Waals surface area (Å²) in [6, 6.07) is 4.91.